The number of phenols is 1. The maximum absolute atomic E-state index is 12.5. The summed E-state index contributed by atoms with van der Waals surface area (Å²) < 4.78 is 27.3. The molecule has 1 fully saturated rings. The highest BCUT2D eigenvalue weighted by atomic mass is 35.5. The van der Waals surface area contributed by atoms with E-state index in [9.17, 15) is 18.3 Å². The van der Waals surface area contributed by atoms with Gasteiger partial charge in [0.25, 0.3) is 10.0 Å². The summed E-state index contributed by atoms with van der Waals surface area (Å²) in [5.41, 5.74) is 0.856. The van der Waals surface area contributed by atoms with E-state index in [0.717, 1.165) is 6.07 Å². The van der Waals surface area contributed by atoms with E-state index in [4.69, 9.17) is 23.2 Å². The number of halogens is 2. The van der Waals surface area contributed by atoms with Crippen molar-refractivity contribution in [3.05, 3.63) is 46.4 Å². The van der Waals surface area contributed by atoms with Gasteiger partial charge in [0.15, 0.2) is 0 Å². The SMILES string of the molecule is O=C1CN(c2ccc(NS(=O)(=O)c3cc(Cl)ccc3O)cc2Cl)CCN1. The highest BCUT2D eigenvalue weighted by Crippen LogP contribution is 2.32. The largest absolute Gasteiger partial charge is 0.507 e. The van der Waals surface area contributed by atoms with Crippen LogP contribution in [0.5, 0.6) is 5.75 Å². The Balaban J connectivity index is 1.85. The number of nitrogens with one attached hydrogen (secondary N) is 2. The van der Waals surface area contributed by atoms with Crippen LogP contribution < -0.4 is 14.9 Å². The van der Waals surface area contributed by atoms with Gasteiger partial charge < -0.3 is 15.3 Å². The van der Waals surface area contributed by atoms with Crippen LogP contribution in [0, 0.1) is 0 Å². The molecule has 3 N–H and O–H groups in total. The van der Waals surface area contributed by atoms with Gasteiger partial charge in [0, 0.05) is 18.1 Å². The topological polar surface area (TPSA) is 98.7 Å². The molecule has 7 nitrogen and oxygen atoms in total. The molecule has 0 aliphatic carbocycles. The second kappa shape index (κ2) is 7.22. The van der Waals surface area contributed by atoms with E-state index >= 15 is 0 Å². The normalized spacial score (nSPS) is 14.8. The summed E-state index contributed by atoms with van der Waals surface area (Å²) in [6, 6.07) is 8.36. The highest BCUT2D eigenvalue weighted by Gasteiger charge is 2.22. The minimum atomic E-state index is -4.05. The lowest BCUT2D eigenvalue weighted by Crippen LogP contribution is -2.47. The molecular weight excluding hydrogens is 401 g/mol. The maximum atomic E-state index is 12.5. The Bertz CT molecular complexity index is 966. The molecule has 1 amide bonds. The summed E-state index contributed by atoms with van der Waals surface area (Å²) in [5.74, 6) is -0.516. The number of hydrogen-bond donors (Lipinski definition) is 3. The molecule has 2 aromatic carbocycles. The van der Waals surface area contributed by atoms with Crippen molar-refractivity contribution in [2.75, 3.05) is 29.3 Å². The van der Waals surface area contributed by atoms with Gasteiger partial charge in [-0.3, -0.25) is 9.52 Å². The zero-order valence-corrected chi connectivity index (χ0v) is 15.7. The Kier molecular flexibility index (Phi) is 5.17. The van der Waals surface area contributed by atoms with Crippen LogP contribution >= 0.6 is 23.2 Å². The average Bonchev–Trinajstić information content (AvgIpc) is 2.56. The van der Waals surface area contributed by atoms with Crippen LogP contribution in [0.3, 0.4) is 0 Å². The van der Waals surface area contributed by atoms with Gasteiger partial charge in [-0.25, -0.2) is 8.42 Å². The van der Waals surface area contributed by atoms with Crippen molar-refractivity contribution in [1.29, 1.82) is 0 Å². The van der Waals surface area contributed by atoms with Gasteiger partial charge in [-0.1, -0.05) is 23.2 Å². The van der Waals surface area contributed by atoms with Crippen molar-refractivity contribution in [1.82, 2.24) is 5.32 Å². The van der Waals surface area contributed by atoms with Crippen LogP contribution in [0.15, 0.2) is 41.3 Å². The molecule has 3 rings (SSSR count). The minimum absolute atomic E-state index is 0.103. The third kappa shape index (κ3) is 3.98. The number of phenolic OH excluding ortho intramolecular Hbond substituents is 1. The molecule has 1 aliphatic rings. The molecule has 1 heterocycles. The third-order valence-corrected chi connectivity index (χ3v) is 5.74. The molecule has 138 valence electrons. The van der Waals surface area contributed by atoms with Crippen molar-refractivity contribution in [2.24, 2.45) is 0 Å². The zero-order chi connectivity index (χ0) is 18.9. The number of anilines is 2. The number of carbonyl (C=O) groups excluding carboxylic acids is 1. The van der Waals surface area contributed by atoms with E-state index in [1.54, 1.807) is 6.07 Å². The summed E-state index contributed by atoms with van der Waals surface area (Å²) >= 11 is 12.1. The Labute approximate surface area is 160 Å². The molecule has 0 atom stereocenters. The Morgan fingerprint density at radius 1 is 1.15 bits per heavy atom. The van der Waals surface area contributed by atoms with Crippen molar-refractivity contribution < 1.29 is 18.3 Å². The van der Waals surface area contributed by atoms with Crippen LogP contribution in [-0.2, 0) is 14.8 Å². The number of piperazine rings is 1. The summed E-state index contributed by atoms with van der Waals surface area (Å²) in [5, 5.41) is 13.0. The number of amides is 1. The van der Waals surface area contributed by atoms with E-state index in [0.29, 0.717) is 23.8 Å². The summed E-state index contributed by atoms with van der Waals surface area (Å²) in [6.07, 6.45) is 0. The molecule has 0 saturated carbocycles. The first-order chi connectivity index (χ1) is 12.3. The van der Waals surface area contributed by atoms with Crippen molar-refractivity contribution in [3.8, 4) is 5.75 Å². The molecule has 0 radical (unpaired) electrons. The highest BCUT2D eigenvalue weighted by molar-refractivity contribution is 7.92. The first-order valence-corrected chi connectivity index (χ1v) is 9.83. The number of aromatic hydroxyl groups is 1. The van der Waals surface area contributed by atoms with Crippen molar-refractivity contribution >= 4 is 50.5 Å². The summed E-state index contributed by atoms with van der Waals surface area (Å²) in [7, 11) is -4.05. The van der Waals surface area contributed by atoms with Crippen molar-refractivity contribution in [2.45, 2.75) is 4.90 Å². The second-order valence-electron chi connectivity index (χ2n) is 5.66. The van der Waals surface area contributed by atoms with Gasteiger partial charge in [-0.2, -0.15) is 0 Å². The summed E-state index contributed by atoms with van der Waals surface area (Å²) in [6.45, 7) is 1.30. The zero-order valence-electron chi connectivity index (χ0n) is 13.4. The standard InChI is InChI=1S/C16H15Cl2N3O4S/c17-10-1-4-14(22)15(7-10)26(24,25)20-11-2-3-13(12(18)8-11)21-6-5-19-16(23)9-21/h1-4,7-8,20,22H,5-6,9H2,(H,19,23). The van der Waals surface area contributed by atoms with Gasteiger partial charge in [0.05, 0.1) is 22.9 Å². The second-order valence-corrected chi connectivity index (χ2v) is 8.15. The molecule has 26 heavy (non-hydrogen) atoms. The van der Waals surface area contributed by atoms with Gasteiger partial charge in [-0.15, -0.1) is 0 Å². The predicted molar refractivity (Wildman–Crippen MR) is 101 cm³/mol. The number of benzene rings is 2. The minimum Gasteiger partial charge on any atom is -0.507 e. The molecule has 2 aromatic rings. The first-order valence-electron chi connectivity index (χ1n) is 7.59. The molecule has 1 saturated heterocycles. The fourth-order valence-corrected chi connectivity index (χ4v) is 4.29. The van der Waals surface area contributed by atoms with Gasteiger partial charge in [-0.05, 0) is 36.4 Å². The fourth-order valence-electron chi connectivity index (χ4n) is 2.58. The molecule has 0 bridgehead atoms. The van der Waals surface area contributed by atoms with E-state index in [1.165, 1.54) is 24.3 Å². The van der Waals surface area contributed by atoms with E-state index in [1.807, 2.05) is 4.90 Å². The predicted octanol–water partition coefficient (Wildman–Crippen LogP) is 2.44. The molecule has 0 spiro atoms. The number of carbonyl (C=O) groups is 1. The van der Waals surface area contributed by atoms with Crippen LogP contribution in [0.4, 0.5) is 11.4 Å². The van der Waals surface area contributed by atoms with Gasteiger partial charge in [0.1, 0.15) is 10.6 Å². The number of hydrogen-bond acceptors (Lipinski definition) is 5. The van der Waals surface area contributed by atoms with E-state index in [2.05, 4.69) is 10.0 Å². The van der Waals surface area contributed by atoms with Crippen LogP contribution in [-0.4, -0.2) is 39.1 Å². The van der Waals surface area contributed by atoms with Crippen LogP contribution in [0.25, 0.3) is 0 Å². The van der Waals surface area contributed by atoms with E-state index in [-0.39, 0.29) is 28.1 Å². The Morgan fingerprint density at radius 2 is 1.92 bits per heavy atom. The van der Waals surface area contributed by atoms with Gasteiger partial charge in [0.2, 0.25) is 5.91 Å². The van der Waals surface area contributed by atoms with Crippen LogP contribution in [0.1, 0.15) is 0 Å². The molecular formula is C16H15Cl2N3O4S. The van der Waals surface area contributed by atoms with Crippen molar-refractivity contribution in [3.63, 3.8) is 0 Å². The fraction of sp³-hybridized carbons (Fsp3) is 0.188. The summed E-state index contributed by atoms with van der Waals surface area (Å²) in [4.78, 5) is 13.0. The molecule has 10 heteroatoms. The average molecular weight is 416 g/mol. The number of rotatable bonds is 4. The van der Waals surface area contributed by atoms with Gasteiger partial charge >= 0.3 is 0 Å². The first kappa shape index (κ1) is 18.6. The monoisotopic (exact) mass is 415 g/mol. The Hall–Kier alpha value is -2.16. The van der Waals surface area contributed by atoms with Crippen LogP contribution in [0.2, 0.25) is 10.0 Å². The quantitative estimate of drug-likeness (QED) is 0.711. The lowest BCUT2D eigenvalue weighted by Gasteiger charge is -2.29. The smallest absolute Gasteiger partial charge is 0.265 e. The Morgan fingerprint density at radius 3 is 2.62 bits per heavy atom. The number of sulfonamides is 1. The maximum Gasteiger partial charge on any atom is 0.265 e. The molecule has 1 aliphatic heterocycles. The molecule has 0 aromatic heterocycles. The number of nitrogens with zero attached hydrogens (tertiary/aromatic N) is 1. The lowest BCUT2D eigenvalue weighted by atomic mass is 10.2. The van der Waals surface area contributed by atoms with E-state index < -0.39 is 15.8 Å². The molecule has 0 unspecified atom stereocenters. The lowest BCUT2D eigenvalue weighted by molar-refractivity contribution is -0.120. The third-order valence-electron chi connectivity index (χ3n) is 3.79.